The molecule has 0 bridgehead atoms. The van der Waals surface area contributed by atoms with Gasteiger partial charge in [0, 0.05) is 16.8 Å². The maximum absolute atomic E-state index is 10.8. The molecule has 0 aliphatic rings. The molecule has 19 heavy (non-hydrogen) atoms. The summed E-state index contributed by atoms with van der Waals surface area (Å²) >= 11 is 6.12. The van der Waals surface area contributed by atoms with Crippen molar-refractivity contribution < 1.29 is 9.90 Å². The van der Waals surface area contributed by atoms with E-state index in [0.717, 1.165) is 22.5 Å². The van der Waals surface area contributed by atoms with E-state index in [0.29, 0.717) is 10.6 Å². The lowest BCUT2D eigenvalue weighted by atomic mass is 10.0. The Labute approximate surface area is 116 Å². The first kappa shape index (κ1) is 13.5. The molecule has 5 heteroatoms. The highest BCUT2D eigenvalue weighted by Crippen LogP contribution is 2.28. The molecule has 1 heterocycles. The Bertz CT molecular complexity index is 641. The summed E-state index contributed by atoms with van der Waals surface area (Å²) in [5, 5.41) is 9.26. The van der Waals surface area contributed by atoms with Gasteiger partial charge in [0.2, 0.25) is 0 Å². The van der Waals surface area contributed by atoms with E-state index in [-0.39, 0.29) is 6.42 Å². The van der Waals surface area contributed by atoms with E-state index in [1.165, 1.54) is 0 Å². The van der Waals surface area contributed by atoms with Crippen molar-refractivity contribution in [3.63, 3.8) is 0 Å². The lowest BCUT2D eigenvalue weighted by Crippen LogP contribution is -2.02. The average molecular weight is 277 g/mol. The smallest absolute Gasteiger partial charge is 0.307 e. The van der Waals surface area contributed by atoms with Gasteiger partial charge in [-0.15, -0.1) is 0 Å². The van der Waals surface area contributed by atoms with Crippen molar-refractivity contribution in [1.82, 2.24) is 9.97 Å². The number of carboxylic acid groups (broad SMARTS) is 1. The van der Waals surface area contributed by atoms with Crippen molar-refractivity contribution >= 4 is 17.6 Å². The van der Waals surface area contributed by atoms with Crippen LogP contribution in [0, 0.1) is 13.8 Å². The minimum atomic E-state index is -0.899. The fraction of sp³-hybridized carbons (Fsp3) is 0.214. The van der Waals surface area contributed by atoms with E-state index >= 15 is 0 Å². The summed E-state index contributed by atoms with van der Waals surface area (Å²) < 4.78 is 0. The molecule has 2 aromatic rings. The number of nitrogens with zero attached hydrogens (tertiary/aromatic N) is 2. The van der Waals surface area contributed by atoms with E-state index in [1.807, 2.05) is 13.8 Å². The third kappa shape index (κ3) is 3.09. The fourth-order valence-corrected chi connectivity index (χ4v) is 2.14. The Morgan fingerprint density at radius 3 is 2.68 bits per heavy atom. The summed E-state index contributed by atoms with van der Waals surface area (Å²) in [6.07, 6.45) is 3.27. The van der Waals surface area contributed by atoms with E-state index in [4.69, 9.17) is 16.7 Å². The number of carbonyl (C=O) groups is 1. The molecule has 0 saturated carbocycles. The SMILES string of the molecule is Cc1cncc(-c2cc(Cl)c(CC(=O)O)cc2C)n1. The number of hydrogen-bond acceptors (Lipinski definition) is 3. The van der Waals surface area contributed by atoms with Gasteiger partial charge in [-0.2, -0.15) is 0 Å². The van der Waals surface area contributed by atoms with Gasteiger partial charge in [0.05, 0.1) is 24.0 Å². The largest absolute Gasteiger partial charge is 0.481 e. The van der Waals surface area contributed by atoms with Gasteiger partial charge in [0.25, 0.3) is 0 Å². The second-order valence-electron chi connectivity index (χ2n) is 4.37. The molecule has 0 fully saturated rings. The van der Waals surface area contributed by atoms with Crippen LogP contribution in [0.15, 0.2) is 24.5 Å². The lowest BCUT2D eigenvalue weighted by Gasteiger charge is -2.09. The first-order chi connectivity index (χ1) is 8.97. The minimum Gasteiger partial charge on any atom is -0.481 e. The van der Waals surface area contributed by atoms with Crippen molar-refractivity contribution in [1.29, 1.82) is 0 Å². The number of carboxylic acids is 1. The number of aromatic nitrogens is 2. The molecular formula is C14H13ClN2O2. The Hall–Kier alpha value is -1.94. The van der Waals surface area contributed by atoms with Crippen LogP contribution in [0.2, 0.25) is 5.02 Å². The number of benzene rings is 1. The Morgan fingerprint density at radius 1 is 1.32 bits per heavy atom. The molecule has 1 N–H and O–H groups in total. The Kier molecular flexibility index (Phi) is 3.81. The van der Waals surface area contributed by atoms with E-state index in [9.17, 15) is 4.79 Å². The Balaban J connectivity index is 2.49. The predicted molar refractivity (Wildman–Crippen MR) is 73.3 cm³/mol. The molecule has 0 aliphatic heterocycles. The zero-order valence-corrected chi connectivity index (χ0v) is 11.4. The van der Waals surface area contributed by atoms with Crippen LogP contribution in [0.4, 0.5) is 0 Å². The van der Waals surface area contributed by atoms with E-state index in [1.54, 1.807) is 24.5 Å². The summed E-state index contributed by atoms with van der Waals surface area (Å²) in [7, 11) is 0. The molecule has 1 aromatic carbocycles. The summed E-state index contributed by atoms with van der Waals surface area (Å²) in [5.74, 6) is -0.899. The van der Waals surface area contributed by atoms with Gasteiger partial charge in [0.15, 0.2) is 0 Å². The highest BCUT2D eigenvalue weighted by atomic mass is 35.5. The Morgan fingerprint density at radius 2 is 2.05 bits per heavy atom. The molecule has 2 rings (SSSR count). The zero-order chi connectivity index (χ0) is 14.0. The van der Waals surface area contributed by atoms with Crippen LogP contribution in [-0.4, -0.2) is 21.0 Å². The van der Waals surface area contributed by atoms with Crippen LogP contribution in [0.3, 0.4) is 0 Å². The van der Waals surface area contributed by atoms with E-state index in [2.05, 4.69) is 9.97 Å². The van der Waals surface area contributed by atoms with Crippen LogP contribution in [0.25, 0.3) is 11.3 Å². The molecule has 1 aromatic heterocycles. The number of halogens is 1. The monoisotopic (exact) mass is 276 g/mol. The number of hydrogen-bond donors (Lipinski definition) is 1. The van der Waals surface area contributed by atoms with Gasteiger partial charge in [-0.05, 0) is 31.0 Å². The first-order valence-corrected chi connectivity index (χ1v) is 6.15. The van der Waals surface area contributed by atoms with Crippen molar-refractivity contribution in [3.8, 4) is 11.3 Å². The molecule has 4 nitrogen and oxygen atoms in total. The van der Waals surface area contributed by atoms with Crippen molar-refractivity contribution in [3.05, 3.63) is 46.4 Å². The standard InChI is InChI=1S/C14H13ClN2O2/c1-8-3-10(4-14(18)19)12(15)5-11(8)13-7-16-6-9(2)17-13/h3,5-7H,4H2,1-2H3,(H,18,19). The maximum Gasteiger partial charge on any atom is 0.307 e. The third-order valence-electron chi connectivity index (χ3n) is 2.77. The predicted octanol–water partition coefficient (Wildman–Crippen LogP) is 3.04. The summed E-state index contributed by atoms with van der Waals surface area (Å²) in [5.41, 5.74) is 3.97. The summed E-state index contributed by atoms with van der Waals surface area (Å²) in [6.45, 7) is 3.77. The molecule has 0 amide bonds. The molecule has 0 atom stereocenters. The van der Waals surface area contributed by atoms with Gasteiger partial charge in [-0.1, -0.05) is 17.7 Å². The molecule has 0 aliphatic carbocycles. The van der Waals surface area contributed by atoms with Crippen molar-refractivity contribution in [2.24, 2.45) is 0 Å². The minimum absolute atomic E-state index is 0.0839. The van der Waals surface area contributed by atoms with Crippen molar-refractivity contribution in [2.75, 3.05) is 0 Å². The summed E-state index contributed by atoms with van der Waals surface area (Å²) in [4.78, 5) is 19.3. The maximum atomic E-state index is 10.8. The first-order valence-electron chi connectivity index (χ1n) is 5.77. The number of aliphatic carboxylic acids is 1. The van der Waals surface area contributed by atoms with Crippen LogP contribution in [0.5, 0.6) is 0 Å². The average Bonchev–Trinajstić information content (AvgIpc) is 2.32. The second-order valence-corrected chi connectivity index (χ2v) is 4.78. The normalized spacial score (nSPS) is 10.5. The van der Waals surface area contributed by atoms with Crippen LogP contribution in [0.1, 0.15) is 16.8 Å². The highest BCUT2D eigenvalue weighted by molar-refractivity contribution is 6.31. The van der Waals surface area contributed by atoms with Crippen LogP contribution in [-0.2, 0) is 11.2 Å². The zero-order valence-electron chi connectivity index (χ0n) is 10.6. The van der Waals surface area contributed by atoms with Gasteiger partial charge < -0.3 is 5.11 Å². The molecule has 0 spiro atoms. The van der Waals surface area contributed by atoms with E-state index < -0.39 is 5.97 Å². The third-order valence-corrected chi connectivity index (χ3v) is 3.12. The van der Waals surface area contributed by atoms with Gasteiger partial charge in [0.1, 0.15) is 0 Å². The molecule has 0 unspecified atom stereocenters. The fourth-order valence-electron chi connectivity index (χ4n) is 1.91. The lowest BCUT2D eigenvalue weighted by molar-refractivity contribution is -0.136. The quantitative estimate of drug-likeness (QED) is 0.936. The molecule has 98 valence electrons. The van der Waals surface area contributed by atoms with Gasteiger partial charge in [-0.3, -0.25) is 9.78 Å². The van der Waals surface area contributed by atoms with Crippen molar-refractivity contribution in [2.45, 2.75) is 20.3 Å². The topological polar surface area (TPSA) is 63.1 Å². The molecule has 0 radical (unpaired) electrons. The van der Waals surface area contributed by atoms with Crippen LogP contribution < -0.4 is 0 Å². The number of rotatable bonds is 3. The van der Waals surface area contributed by atoms with Gasteiger partial charge >= 0.3 is 5.97 Å². The van der Waals surface area contributed by atoms with Crippen LogP contribution >= 0.6 is 11.6 Å². The number of aryl methyl sites for hydroxylation is 2. The molecular weight excluding hydrogens is 264 g/mol. The van der Waals surface area contributed by atoms with Gasteiger partial charge in [-0.25, -0.2) is 4.98 Å². The summed E-state index contributed by atoms with van der Waals surface area (Å²) in [6, 6.07) is 3.54. The highest BCUT2D eigenvalue weighted by Gasteiger charge is 2.11. The molecule has 0 saturated heterocycles. The second kappa shape index (κ2) is 5.36.